The highest BCUT2D eigenvalue weighted by molar-refractivity contribution is 7.89. The zero-order chi connectivity index (χ0) is 15.5. The van der Waals surface area contributed by atoms with E-state index in [1.54, 1.807) is 0 Å². The fourth-order valence-corrected chi connectivity index (χ4v) is 2.94. The number of aromatic nitrogens is 1. The average molecular weight is 313 g/mol. The van der Waals surface area contributed by atoms with Crippen LogP contribution in [-0.4, -0.2) is 13.4 Å². The van der Waals surface area contributed by atoms with Crippen molar-refractivity contribution in [1.29, 1.82) is 0 Å². The van der Waals surface area contributed by atoms with Gasteiger partial charge in [0.05, 0.1) is 5.69 Å². The van der Waals surface area contributed by atoms with Crippen molar-refractivity contribution in [3.05, 3.63) is 59.4 Å². The van der Waals surface area contributed by atoms with Crippen LogP contribution in [-0.2, 0) is 23.1 Å². The number of hydrogen-bond donors (Lipinski definition) is 2. The Kier molecular flexibility index (Phi) is 4.61. The van der Waals surface area contributed by atoms with E-state index in [0.29, 0.717) is 6.07 Å². The SMILES string of the molecule is NCc1ncccc1S(=O)(=O)NCc1ccc(F)cc1F. The Morgan fingerprint density at radius 2 is 2.00 bits per heavy atom. The minimum atomic E-state index is -3.88. The molecule has 0 saturated heterocycles. The van der Waals surface area contributed by atoms with Gasteiger partial charge in [0.2, 0.25) is 10.0 Å². The molecule has 0 atom stereocenters. The monoisotopic (exact) mass is 313 g/mol. The molecule has 5 nitrogen and oxygen atoms in total. The van der Waals surface area contributed by atoms with Gasteiger partial charge in [0.1, 0.15) is 16.5 Å². The lowest BCUT2D eigenvalue weighted by Gasteiger charge is -2.10. The summed E-state index contributed by atoms with van der Waals surface area (Å²) in [6.07, 6.45) is 1.43. The van der Waals surface area contributed by atoms with E-state index in [-0.39, 0.29) is 29.2 Å². The summed E-state index contributed by atoms with van der Waals surface area (Å²) in [6, 6.07) is 5.76. The molecule has 0 amide bonds. The third-order valence-corrected chi connectivity index (χ3v) is 4.27. The molecule has 1 aromatic heterocycles. The summed E-state index contributed by atoms with van der Waals surface area (Å²) in [7, 11) is -3.88. The van der Waals surface area contributed by atoms with Crippen molar-refractivity contribution in [2.24, 2.45) is 5.73 Å². The topological polar surface area (TPSA) is 85.1 Å². The van der Waals surface area contributed by atoms with Crippen LogP contribution in [0.4, 0.5) is 8.78 Å². The molecule has 0 unspecified atom stereocenters. The summed E-state index contributed by atoms with van der Waals surface area (Å²) in [4.78, 5) is 3.82. The molecule has 0 radical (unpaired) electrons. The maximum absolute atomic E-state index is 13.5. The molecule has 0 spiro atoms. The van der Waals surface area contributed by atoms with Crippen LogP contribution in [0.2, 0.25) is 0 Å². The molecule has 0 aliphatic heterocycles. The number of benzene rings is 1. The van der Waals surface area contributed by atoms with Gasteiger partial charge in [-0.3, -0.25) is 4.98 Å². The number of rotatable bonds is 5. The summed E-state index contributed by atoms with van der Waals surface area (Å²) < 4.78 is 52.8. The van der Waals surface area contributed by atoms with E-state index in [4.69, 9.17) is 5.73 Å². The van der Waals surface area contributed by atoms with Gasteiger partial charge in [0, 0.05) is 30.9 Å². The molecular weight excluding hydrogens is 300 g/mol. The largest absolute Gasteiger partial charge is 0.325 e. The number of nitrogens with zero attached hydrogens (tertiary/aromatic N) is 1. The normalized spacial score (nSPS) is 11.6. The zero-order valence-corrected chi connectivity index (χ0v) is 11.7. The van der Waals surface area contributed by atoms with Crippen molar-refractivity contribution in [2.75, 3.05) is 0 Å². The minimum Gasteiger partial charge on any atom is -0.325 e. The minimum absolute atomic E-state index is 0.0397. The van der Waals surface area contributed by atoms with E-state index in [9.17, 15) is 17.2 Å². The lowest BCUT2D eigenvalue weighted by molar-refractivity contribution is 0.562. The number of nitrogens with one attached hydrogen (secondary N) is 1. The van der Waals surface area contributed by atoms with E-state index in [1.165, 1.54) is 24.4 Å². The summed E-state index contributed by atoms with van der Waals surface area (Å²) in [5.74, 6) is -1.54. The fraction of sp³-hybridized carbons (Fsp3) is 0.154. The number of halogens is 2. The van der Waals surface area contributed by atoms with Gasteiger partial charge in [-0.05, 0) is 18.2 Å². The standard InChI is InChI=1S/C13H13F2N3O2S/c14-10-4-3-9(11(15)6-10)8-18-21(19,20)13-2-1-5-17-12(13)7-16/h1-6,18H,7-8,16H2. The summed E-state index contributed by atoms with van der Waals surface area (Å²) in [5.41, 5.74) is 5.69. The molecular formula is C13H13F2N3O2S. The van der Waals surface area contributed by atoms with Crippen LogP contribution in [0.25, 0.3) is 0 Å². The first-order valence-corrected chi connectivity index (χ1v) is 7.50. The van der Waals surface area contributed by atoms with Crippen molar-refractivity contribution in [2.45, 2.75) is 18.0 Å². The zero-order valence-electron chi connectivity index (χ0n) is 10.9. The van der Waals surface area contributed by atoms with Crippen LogP contribution in [0, 0.1) is 11.6 Å². The molecule has 3 N–H and O–H groups in total. The first-order chi connectivity index (χ1) is 9.94. The third kappa shape index (κ3) is 3.60. The van der Waals surface area contributed by atoms with E-state index >= 15 is 0 Å². The Bertz CT molecular complexity index is 751. The van der Waals surface area contributed by atoms with Gasteiger partial charge >= 0.3 is 0 Å². The van der Waals surface area contributed by atoms with Gasteiger partial charge in [-0.2, -0.15) is 0 Å². The number of sulfonamides is 1. The van der Waals surface area contributed by atoms with E-state index in [1.807, 2.05) is 0 Å². The van der Waals surface area contributed by atoms with Gasteiger partial charge in [-0.25, -0.2) is 21.9 Å². The average Bonchev–Trinajstić information content (AvgIpc) is 2.46. The molecule has 21 heavy (non-hydrogen) atoms. The van der Waals surface area contributed by atoms with Crippen LogP contribution < -0.4 is 10.5 Å². The highest BCUT2D eigenvalue weighted by Gasteiger charge is 2.18. The van der Waals surface area contributed by atoms with E-state index < -0.39 is 21.7 Å². The summed E-state index contributed by atoms with van der Waals surface area (Å²) >= 11 is 0. The molecule has 0 aliphatic rings. The molecule has 2 rings (SSSR count). The Hall–Kier alpha value is -1.90. The van der Waals surface area contributed by atoms with Gasteiger partial charge in [-0.1, -0.05) is 6.07 Å². The lowest BCUT2D eigenvalue weighted by Crippen LogP contribution is -2.25. The predicted molar refractivity (Wildman–Crippen MR) is 72.5 cm³/mol. The van der Waals surface area contributed by atoms with Crippen molar-refractivity contribution < 1.29 is 17.2 Å². The quantitative estimate of drug-likeness (QED) is 0.871. The number of hydrogen-bond acceptors (Lipinski definition) is 4. The van der Waals surface area contributed by atoms with Gasteiger partial charge in [0.15, 0.2) is 0 Å². The molecule has 112 valence electrons. The Morgan fingerprint density at radius 3 is 2.67 bits per heavy atom. The second-order valence-corrected chi connectivity index (χ2v) is 5.95. The van der Waals surface area contributed by atoms with Crippen LogP contribution in [0.5, 0.6) is 0 Å². The molecule has 1 heterocycles. The number of nitrogens with two attached hydrogens (primary N) is 1. The van der Waals surface area contributed by atoms with Crippen molar-refractivity contribution >= 4 is 10.0 Å². The maximum Gasteiger partial charge on any atom is 0.242 e. The maximum atomic E-state index is 13.5. The molecule has 1 aromatic carbocycles. The fourth-order valence-electron chi connectivity index (χ4n) is 1.74. The predicted octanol–water partition coefficient (Wildman–Crippen LogP) is 1.30. The molecule has 0 saturated carbocycles. The Balaban J connectivity index is 2.22. The second-order valence-electron chi connectivity index (χ2n) is 4.21. The third-order valence-electron chi connectivity index (χ3n) is 2.80. The molecule has 8 heteroatoms. The van der Waals surface area contributed by atoms with Crippen LogP contribution in [0.1, 0.15) is 11.3 Å². The van der Waals surface area contributed by atoms with Crippen molar-refractivity contribution in [3.8, 4) is 0 Å². The summed E-state index contributed by atoms with van der Waals surface area (Å²) in [5, 5.41) is 0. The van der Waals surface area contributed by atoms with E-state index in [2.05, 4.69) is 9.71 Å². The molecule has 0 fully saturated rings. The first-order valence-electron chi connectivity index (χ1n) is 6.01. The van der Waals surface area contributed by atoms with E-state index in [0.717, 1.165) is 6.07 Å². The lowest BCUT2D eigenvalue weighted by atomic mass is 10.2. The molecule has 0 bridgehead atoms. The Labute approximate surface area is 120 Å². The number of pyridine rings is 1. The van der Waals surface area contributed by atoms with Crippen molar-refractivity contribution in [1.82, 2.24) is 9.71 Å². The summed E-state index contributed by atoms with van der Waals surface area (Å²) in [6.45, 7) is -0.338. The van der Waals surface area contributed by atoms with Gasteiger partial charge < -0.3 is 5.73 Å². The first kappa shape index (κ1) is 15.5. The highest BCUT2D eigenvalue weighted by Crippen LogP contribution is 2.14. The second kappa shape index (κ2) is 6.25. The van der Waals surface area contributed by atoms with Crippen molar-refractivity contribution in [3.63, 3.8) is 0 Å². The molecule has 2 aromatic rings. The molecule has 0 aliphatic carbocycles. The van der Waals surface area contributed by atoms with Crippen LogP contribution >= 0.6 is 0 Å². The highest BCUT2D eigenvalue weighted by atomic mass is 32.2. The van der Waals surface area contributed by atoms with Gasteiger partial charge in [-0.15, -0.1) is 0 Å². The smallest absolute Gasteiger partial charge is 0.242 e. The van der Waals surface area contributed by atoms with Crippen LogP contribution in [0.3, 0.4) is 0 Å². The van der Waals surface area contributed by atoms with Gasteiger partial charge in [0.25, 0.3) is 0 Å². The van der Waals surface area contributed by atoms with Crippen LogP contribution in [0.15, 0.2) is 41.4 Å². The Morgan fingerprint density at radius 1 is 1.24 bits per heavy atom.